The second-order valence-corrected chi connectivity index (χ2v) is 16.3. The minimum atomic E-state index is -1.16. The Labute approximate surface area is 332 Å². The highest BCUT2D eigenvalue weighted by Gasteiger charge is 2.32. The van der Waals surface area contributed by atoms with Gasteiger partial charge in [0.25, 0.3) is 0 Å². The van der Waals surface area contributed by atoms with Crippen molar-refractivity contribution in [3.8, 4) is 0 Å². The standard InChI is InChI=1S/C45H76O10/c1-31(18-13-9-8-10-15-20-37(46)27-32(2)24-25-44(51)52)26-34(4)35(5)43-28-38(47)21-17-23-39(54-7)22-16-12-11-14-19-33(3)40(48)29-41(49)36(6)42(50)30-45(53)55-43/h8-12,14-16,26,32-43,46-50H,13,17-25,27-30H2,1-7H3,(H,51,52)/b9-8?,14-11-,15-10+,16-12-,31-26+/t32-,33+,34-,35-,36+,37+,38-,39-,40+,41-,42-,43+/m1/s1. The Bertz CT molecular complexity index is 1210. The van der Waals surface area contributed by atoms with Gasteiger partial charge in [0.15, 0.2) is 0 Å². The Morgan fingerprint density at radius 1 is 0.945 bits per heavy atom. The summed E-state index contributed by atoms with van der Waals surface area (Å²) < 4.78 is 11.7. The fourth-order valence-electron chi connectivity index (χ4n) is 6.90. The van der Waals surface area contributed by atoms with Gasteiger partial charge in [-0.25, -0.2) is 0 Å². The number of ether oxygens (including phenoxy) is 2. The molecular formula is C45H76O10. The van der Waals surface area contributed by atoms with Crippen LogP contribution in [0, 0.1) is 29.6 Å². The Hall–Kier alpha value is -2.60. The van der Waals surface area contributed by atoms with E-state index >= 15 is 0 Å². The number of aliphatic hydroxyl groups is 5. The maximum atomic E-state index is 13.3. The molecular weight excluding hydrogens is 700 g/mol. The van der Waals surface area contributed by atoms with Crippen molar-refractivity contribution in [2.45, 2.75) is 174 Å². The molecule has 316 valence electrons. The molecule has 0 aromatic carbocycles. The van der Waals surface area contributed by atoms with Crippen LogP contribution >= 0.6 is 0 Å². The highest BCUT2D eigenvalue weighted by molar-refractivity contribution is 5.70. The summed E-state index contributed by atoms with van der Waals surface area (Å²) in [7, 11) is 1.69. The van der Waals surface area contributed by atoms with Crippen molar-refractivity contribution in [1.82, 2.24) is 0 Å². The molecule has 0 amide bonds. The number of carbonyl (C=O) groups excluding carboxylic acids is 1. The molecule has 0 spiro atoms. The minimum Gasteiger partial charge on any atom is -0.481 e. The van der Waals surface area contributed by atoms with E-state index in [1.165, 1.54) is 5.57 Å². The molecule has 0 saturated heterocycles. The van der Waals surface area contributed by atoms with Crippen molar-refractivity contribution < 1.29 is 49.7 Å². The molecule has 10 heteroatoms. The lowest BCUT2D eigenvalue weighted by atomic mass is 9.85. The number of carboxylic acids is 1. The van der Waals surface area contributed by atoms with Crippen LogP contribution in [0.2, 0.25) is 0 Å². The minimum absolute atomic E-state index is 0.0110. The molecule has 0 aromatic rings. The van der Waals surface area contributed by atoms with Gasteiger partial charge in [-0.3, -0.25) is 9.59 Å². The predicted molar refractivity (Wildman–Crippen MR) is 219 cm³/mol. The lowest BCUT2D eigenvalue weighted by Gasteiger charge is -2.31. The first kappa shape index (κ1) is 50.4. The summed E-state index contributed by atoms with van der Waals surface area (Å²) >= 11 is 0. The number of aliphatic carboxylic acids is 1. The SMILES string of the molecule is CO[C@@H]1C/C=C\C=C/C[C@H](C)[C@@H](O)C[C@@H](O)[C@H](C)[C@H](O)CC(=O)O[C@H]([C@H](C)[C@H](C)/C=C(\C)CCC=C/C=C/C[C@H](O)C[C@H](C)CCC(=O)O)C[C@H](O)CCC1. The van der Waals surface area contributed by atoms with E-state index in [1.807, 2.05) is 63.3 Å². The van der Waals surface area contributed by atoms with Gasteiger partial charge in [-0.1, -0.05) is 94.9 Å². The van der Waals surface area contributed by atoms with E-state index in [0.29, 0.717) is 32.1 Å². The Balaban J connectivity index is 2.93. The number of aliphatic hydroxyl groups excluding tert-OH is 5. The zero-order valence-corrected chi connectivity index (χ0v) is 34.8. The smallest absolute Gasteiger partial charge is 0.308 e. The van der Waals surface area contributed by atoms with Crippen LogP contribution in [-0.4, -0.2) is 92.4 Å². The van der Waals surface area contributed by atoms with E-state index in [0.717, 1.165) is 32.1 Å². The lowest BCUT2D eigenvalue weighted by Crippen LogP contribution is -2.37. The van der Waals surface area contributed by atoms with Crippen LogP contribution in [0.15, 0.2) is 60.3 Å². The third-order valence-corrected chi connectivity index (χ3v) is 11.2. The van der Waals surface area contributed by atoms with Crippen molar-refractivity contribution in [2.24, 2.45) is 29.6 Å². The van der Waals surface area contributed by atoms with Gasteiger partial charge in [0.05, 0.1) is 43.0 Å². The Morgan fingerprint density at radius 2 is 1.62 bits per heavy atom. The van der Waals surface area contributed by atoms with Gasteiger partial charge in [-0.05, 0) is 101 Å². The fourth-order valence-corrected chi connectivity index (χ4v) is 6.90. The van der Waals surface area contributed by atoms with Gasteiger partial charge >= 0.3 is 11.9 Å². The molecule has 1 aliphatic heterocycles. The topological polar surface area (TPSA) is 174 Å². The normalized spacial score (nSPS) is 31.1. The number of carboxylic acid groups (broad SMARTS) is 1. The van der Waals surface area contributed by atoms with Crippen molar-refractivity contribution >= 4 is 11.9 Å². The summed E-state index contributed by atoms with van der Waals surface area (Å²) in [5.41, 5.74) is 1.19. The Kier molecular flexibility index (Phi) is 26.3. The highest BCUT2D eigenvalue weighted by atomic mass is 16.5. The number of methoxy groups -OCH3 is 1. The molecule has 1 aliphatic rings. The molecule has 1 heterocycles. The van der Waals surface area contributed by atoms with E-state index in [9.17, 15) is 35.1 Å². The largest absolute Gasteiger partial charge is 0.481 e. The van der Waals surface area contributed by atoms with Crippen LogP contribution in [0.1, 0.15) is 131 Å². The molecule has 1 rings (SSSR count). The number of allylic oxidation sites excluding steroid dienone is 8. The second-order valence-electron chi connectivity index (χ2n) is 16.3. The summed E-state index contributed by atoms with van der Waals surface area (Å²) in [4.78, 5) is 24.0. The van der Waals surface area contributed by atoms with Crippen LogP contribution in [0.25, 0.3) is 0 Å². The number of rotatable bonds is 15. The van der Waals surface area contributed by atoms with Crippen LogP contribution < -0.4 is 0 Å². The summed E-state index contributed by atoms with van der Waals surface area (Å²) in [6.45, 7) is 11.7. The summed E-state index contributed by atoms with van der Waals surface area (Å²) in [5, 5.41) is 62.7. The van der Waals surface area contributed by atoms with Crippen LogP contribution in [0.5, 0.6) is 0 Å². The van der Waals surface area contributed by atoms with E-state index in [4.69, 9.17) is 14.6 Å². The summed E-state index contributed by atoms with van der Waals surface area (Å²) in [6.07, 6.45) is 20.2. The van der Waals surface area contributed by atoms with Crippen LogP contribution in [0.4, 0.5) is 0 Å². The second kappa shape index (κ2) is 28.7. The molecule has 6 N–H and O–H groups in total. The first-order valence-electron chi connectivity index (χ1n) is 20.7. The van der Waals surface area contributed by atoms with Gasteiger partial charge in [-0.2, -0.15) is 0 Å². The molecule has 55 heavy (non-hydrogen) atoms. The van der Waals surface area contributed by atoms with Gasteiger partial charge in [0.2, 0.25) is 0 Å². The van der Waals surface area contributed by atoms with E-state index < -0.39 is 54.5 Å². The van der Waals surface area contributed by atoms with Crippen molar-refractivity contribution in [3.05, 3.63) is 60.3 Å². The first-order valence-corrected chi connectivity index (χ1v) is 20.7. The van der Waals surface area contributed by atoms with E-state index in [1.54, 1.807) is 14.0 Å². The third kappa shape index (κ3) is 23.3. The van der Waals surface area contributed by atoms with Gasteiger partial charge < -0.3 is 40.1 Å². The summed E-state index contributed by atoms with van der Waals surface area (Å²) in [5.74, 6) is -2.11. The number of cyclic esters (lactones) is 1. The van der Waals surface area contributed by atoms with Crippen LogP contribution in [-0.2, 0) is 19.1 Å². The molecule has 0 radical (unpaired) electrons. The number of hydrogen-bond acceptors (Lipinski definition) is 9. The number of carbonyl (C=O) groups is 2. The average Bonchev–Trinajstić information content (AvgIpc) is 3.12. The molecule has 0 bridgehead atoms. The van der Waals surface area contributed by atoms with Crippen molar-refractivity contribution in [2.75, 3.05) is 7.11 Å². The molecule has 10 nitrogen and oxygen atoms in total. The van der Waals surface area contributed by atoms with Gasteiger partial charge in [-0.15, -0.1) is 0 Å². The molecule has 0 aliphatic carbocycles. The number of esters is 1. The van der Waals surface area contributed by atoms with Crippen molar-refractivity contribution in [3.63, 3.8) is 0 Å². The molecule has 0 fully saturated rings. The Morgan fingerprint density at radius 3 is 2.29 bits per heavy atom. The first-order chi connectivity index (χ1) is 26.0. The lowest BCUT2D eigenvalue weighted by molar-refractivity contribution is -0.157. The maximum Gasteiger partial charge on any atom is 0.308 e. The van der Waals surface area contributed by atoms with Gasteiger partial charge in [0, 0.05) is 25.9 Å². The maximum absolute atomic E-state index is 13.3. The molecule has 0 aromatic heterocycles. The quantitative estimate of drug-likeness (QED) is 0.0552. The summed E-state index contributed by atoms with van der Waals surface area (Å²) in [6, 6.07) is 0. The zero-order valence-electron chi connectivity index (χ0n) is 34.8. The molecule has 0 saturated carbocycles. The number of hydrogen-bond donors (Lipinski definition) is 6. The highest BCUT2D eigenvalue weighted by Crippen LogP contribution is 2.28. The third-order valence-electron chi connectivity index (χ3n) is 11.2. The predicted octanol–water partition coefficient (Wildman–Crippen LogP) is 7.63. The zero-order chi connectivity index (χ0) is 41.3. The molecule has 0 unspecified atom stereocenters. The van der Waals surface area contributed by atoms with Crippen molar-refractivity contribution in [1.29, 1.82) is 0 Å². The van der Waals surface area contributed by atoms with E-state index in [-0.39, 0.29) is 55.5 Å². The molecule has 12 atom stereocenters. The van der Waals surface area contributed by atoms with Crippen LogP contribution in [0.3, 0.4) is 0 Å². The fraction of sp³-hybridized carbons (Fsp3) is 0.733. The van der Waals surface area contributed by atoms with E-state index in [2.05, 4.69) is 26.0 Å². The average molecular weight is 777 g/mol. The monoisotopic (exact) mass is 777 g/mol. The van der Waals surface area contributed by atoms with Gasteiger partial charge in [0.1, 0.15) is 6.10 Å².